The number of halogens is 1. The first-order valence-electron chi connectivity index (χ1n) is 6.83. The van der Waals surface area contributed by atoms with Gasteiger partial charge in [-0.3, -0.25) is 0 Å². The maximum absolute atomic E-state index is 5.68. The summed E-state index contributed by atoms with van der Waals surface area (Å²) in [6.07, 6.45) is 0. The van der Waals surface area contributed by atoms with E-state index in [1.54, 1.807) is 7.11 Å². The lowest BCUT2D eigenvalue weighted by molar-refractivity contribution is 0.413. The molecule has 0 unspecified atom stereocenters. The van der Waals surface area contributed by atoms with Crippen molar-refractivity contribution in [2.45, 2.75) is 5.88 Å². The van der Waals surface area contributed by atoms with Crippen molar-refractivity contribution in [3.8, 4) is 5.75 Å². The van der Waals surface area contributed by atoms with E-state index in [9.17, 15) is 0 Å². The monoisotopic (exact) mass is 308 g/mol. The Hall–Kier alpha value is -1.95. The molecule has 0 aliphatic carbocycles. The maximum atomic E-state index is 5.68. The largest absolute Gasteiger partial charge is 0.495 e. The summed E-state index contributed by atoms with van der Waals surface area (Å²) in [6, 6.07) is 8.60. The predicted molar refractivity (Wildman–Crippen MR) is 81.3 cm³/mol. The molecule has 1 aliphatic rings. The molecule has 0 radical (unpaired) electrons. The fourth-order valence-corrected chi connectivity index (χ4v) is 2.56. The second kappa shape index (κ2) is 6.22. The summed E-state index contributed by atoms with van der Waals surface area (Å²) in [6.45, 7) is 3.39. The Labute approximate surface area is 128 Å². The highest BCUT2D eigenvalue weighted by Crippen LogP contribution is 2.29. The Morgan fingerprint density at radius 1 is 1.14 bits per heavy atom. The Kier molecular flexibility index (Phi) is 4.15. The van der Waals surface area contributed by atoms with Gasteiger partial charge in [0.15, 0.2) is 0 Å². The highest BCUT2D eigenvalue weighted by atomic mass is 35.5. The third kappa shape index (κ3) is 2.90. The Bertz CT molecular complexity index is 596. The van der Waals surface area contributed by atoms with Crippen molar-refractivity contribution < 1.29 is 9.15 Å². The average Bonchev–Trinajstić information content (AvgIpc) is 3.04. The number of methoxy groups -OCH3 is 1. The summed E-state index contributed by atoms with van der Waals surface area (Å²) >= 11 is 5.68. The molecule has 0 amide bonds. The summed E-state index contributed by atoms with van der Waals surface area (Å²) in [4.78, 5) is 4.38. The van der Waals surface area contributed by atoms with Crippen LogP contribution in [0.25, 0.3) is 0 Å². The van der Waals surface area contributed by atoms with Crippen molar-refractivity contribution in [1.82, 2.24) is 10.2 Å². The number of rotatable bonds is 4. The molecule has 3 rings (SSSR count). The number of benzene rings is 1. The van der Waals surface area contributed by atoms with Crippen molar-refractivity contribution in [3.63, 3.8) is 0 Å². The van der Waals surface area contributed by atoms with E-state index < -0.39 is 0 Å². The van der Waals surface area contributed by atoms with Gasteiger partial charge in [0.1, 0.15) is 11.6 Å². The number of alkyl halides is 1. The lowest BCUT2D eigenvalue weighted by Gasteiger charge is -2.35. The summed E-state index contributed by atoms with van der Waals surface area (Å²) in [5.74, 6) is 1.60. The normalized spacial score (nSPS) is 15.3. The van der Waals surface area contributed by atoms with Crippen LogP contribution in [0.2, 0.25) is 0 Å². The summed E-state index contributed by atoms with van der Waals surface area (Å²) in [5.41, 5.74) is 1.12. The Balaban J connectivity index is 1.67. The SMILES string of the molecule is COc1ccccc1N1CCN(c2nnc(CCl)o2)CC1. The molecule has 0 N–H and O–H groups in total. The molecule has 0 saturated carbocycles. The number of aromatic nitrogens is 2. The van der Waals surface area contributed by atoms with Gasteiger partial charge in [-0.05, 0) is 12.1 Å². The third-order valence-electron chi connectivity index (χ3n) is 3.55. The minimum absolute atomic E-state index is 0.244. The van der Waals surface area contributed by atoms with E-state index in [0.29, 0.717) is 11.9 Å². The van der Waals surface area contributed by atoms with Crippen LogP contribution in [0.5, 0.6) is 5.75 Å². The van der Waals surface area contributed by atoms with E-state index in [4.69, 9.17) is 20.8 Å². The van der Waals surface area contributed by atoms with Crippen molar-refractivity contribution in [2.24, 2.45) is 0 Å². The zero-order valence-electron chi connectivity index (χ0n) is 11.8. The van der Waals surface area contributed by atoms with Gasteiger partial charge in [0, 0.05) is 26.2 Å². The highest BCUT2D eigenvalue weighted by molar-refractivity contribution is 6.16. The lowest BCUT2D eigenvalue weighted by Crippen LogP contribution is -2.46. The molecule has 0 spiro atoms. The van der Waals surface area contributed by atoms with Gasteiger partial charge in [0.05, 0.1) is 12.8 Å². The van der Waals surface area contributed by atoms with Crippen molar-refractivity contribution >= 4 is 23.3 Å². The van der Waals surface area contributed by atoms with Crippen LogP contribution < -0.4 is 14.5 Å². The van der Waals surface area contributed by atoms with Gasteiger partial charge in [0.2, 0.25) is 5.89 Å². The molecule has 2 aromatic rings. The van der Waals surface area contributed by atoms with Gasteiger partial charge < -0.3 is 19.0 Å². The van der Waals surface area contributed by atoms with Gasteiger partial charge >= 0.3 is 6.01 Å². The zero-order valence-corrected chi connectivity index (χ0v) is 12.6. The first-order chi connectivity index (χ1) is 10.3. The van der Waals surface area contributed by atoms with E-state index in [1.165, 1.54) is 0 Å². The molecule has 6 nitrogen and oxygen atoms in total. The van der Waals surface area contributed by atoms with Crippen LogP contribution in [0.4, 0.5) is 11.7 Å². The number of piperazine rings is 1. The van der Waals surface area contributed by atoms with E-state index in [0.717, 1.165) is 37.6 Å². The number of anilines is 2. The number of hydrogen-bond donors (Lipinski definition) is 0. The minimum Gasteiger partial charge on any atom is -0.495 e. The quantitative estimate of drug-likeness (QED) is 0.807. The van der Waals surface area contributed by atoms with E-state index in [1.807, 2.05) is 18.2 Å². The van der Waals surface area contributed by atoms with Gasteiger partial charge in [-0.1, -0.05) is 17.2 Å². The van der Waals surface area contributed by atoms with Gasteiger partial charge in [-0.25, -0.2) is 0 Å². The number of nitrogens with zero attached hydrogens (tertiary/aromatic N) is 4. The zero-order chi connectivity index (χ0) is 14.7. The molecule has 112 valence electrons. The molecule has 2 heterocycles. The van der Waals surface area contributed by atoms with Crippen LogP contribution in [0.1, 0.15) is 5.89 Å². The first-order valence-corrected chi connectivity index (χ1v) is 7.36. The fourth-order valence-electron chi connectivity index (χ4n) is 2.46. The topological polar surface area (TPSA) is 54.6 Å². The summed E-state index contributed by atoms with van der Waals surface area (Å²) < 4.78 is 10.9. The van der Waals surface area contributed by atoms with Crippen LogP contribution >= 0.6 is 11.6 Å². The second-order valence-corrected chi connectivity index (χ2v) is 5.03. The van der Waals surface area contributed by atoms with Crippen LogP contribution in [-0.4, -0.2) is 43.5 Å². The van der Waals surface area contributed by atoms with Crippen LogP contribution in [0.15, 0.2) is 28.7 Å². The highest BCUT2D eigenvalue weighted by Gasteiger charge is 2.22. The first kappa shape index (κ1) is 14.0. The predicted octanol–water partition coefficient (Wildman–Crippen LogP) is 2.14. The average molecular weight is 309 g/mol. The molecular formula is C14H17ClN4O2. The third-order valence-corrected chi connectivity index (χ3v) is 3.78. The van der Waals surface area contributed by atoms with E-state index in [2.05, 4.69) is 26.1 Å². The Morgan fingerprint density at radius 3 is 2.52 bits per heavy atom. The molecule has 1 aliphatic heterocycles. The molecule has 21 heavy (non-hydrogen) atoms. The minimum atomic E-state index is 0.244. The van der Waals surface area contributed by atoms with Crippen LogP contribution in [-0.2, 0) is 5.88 Å². The van der Waals surface area contributed by atoms with Crippen LogP contribution in [0, 0.1) is 0 Å². The lowest BCUT2D eigenvalue weighted by atomic mass is 10.2. The van der Waals surface area contributed by atoms with Gasteiger partial charge in [-0.2, -0.15) is 0 Å². The van der Waals surface area contributed by atoms with E-state index >= 15 is 0 Å². The molecule has 1 aromatic heterocycles. The van der Waals surface area contributed by atoms with Crippen molar-refractivity contribution in [3.05, 3.63) is 30.2 Å². The van der Waals surface area contributed by atoms with Crippen LogP contribution in [0.3, 0.4) is 0 Å². The number of para-hydroxylation sites is 2. The molecule has 0 bridgehead atoms. The standard InChI is InChI=1S/C14H17ClN4O2/c1-20-12-5-3-2-4-11(12)18-6-8-19(9-7-18)14-17-16-13(10-15)21-14/h2-5H,6-10H2,1H3. The molecular weight excluding hydrogens is 292 g/mol. The van der Waals surface area contributed by atoms with Gasteiger partial charge in [0.25, 0.3) is 0 Å². The molecule has 1 aromatic carbocycles. The van der Waals surface area contributed by atoms with E-state index in [-0.39, 0.29) is 5.88 Å². The summed E-state index contributed by atoms with van der Waals surface area (Å²) in [7, 11) is 1.70. The molecule has 1 saturated heterocycles. The smallest absolute Gasteiger partial charge is 0.318 e. The fraction of sp³-hybridized carbons (Fsp3) is 0.429. The maximum Gasteiger partial charge on any atom is 0.318 e. The van der Waals surface area contributed by atoms with Crippen molar-refractivity contribution in [2.75, 3.05) is 43.1 Å². The Morgan fingerprint density at radius 2 is 1.86 bits per heavy atom. The molecule has 7 heteroatoms. The molecule has 1 fully saturated rings. The molecule has 0 atom stereocenters. The second-order valence-electron chi connectivity index (χ2n) is 4.76. The summed E-state index contributed by atoms with van der Waals surface area (Å²) in [5, 5.41) is 7.91. The number of hydrogen-bond acceptors (Lipinski definition) is 6. The van der Waals surface area contributed by atoms with Gasteiger partial charge in [-0.15, -0.1) is 16.7 Å². The van der Waals surface area contributed by atoms with Crippen molar-refractivity contribution in [1.29, 1.82) is 0 Å². The number of ether oxygens (including phenoxy) is 1.